The molecule has 2 N–H and O–H groups in total. The van der Waals surface area contributed by atoms with Gasteiger partial charge in [0, 0.05) is 25.0 Å². The highest BCUT2D eigenvalue weighted by Crippen LogP contribution is 2.09. The van der Waals surface area contributed by atoms with Crippen LogP contribution in [-0.4, -0.2) is 28.9 Å². The van der Waals surface area contributed by atoms with Crippen molar-refractivity contribution in [1.29, 1.82) is 0 Å². The van der Waals surface area contributed by atoms with Crippen LogP contribution in [-0.2, 0) is 6.54 Å². The number of hydrogen-bond acceptors (Lipinski definition) is 3. The monoisotopic (exact) mass is 272 g/mol. The van der Waals surface area contributed by atoms with Crippen LogP contribution in [0.2, 0.25) is 0 Å². The summed E-state index contributed by atoms with van der Waals surface area (Å²) in [6.07, 6.45) is 4.91. The maximum absolute atomic E-state index is 4.25. The fraction of sp³-hybridized carbons (Fsp3) is 0.438. The van der Waals surface area contributed by atoms with Gasteiger partial charge in [0.2, 0.25) is 0 Å². The van der Waals surface area contributed by atoms with Crippen molar-refractivity contribution in [2.75, 3.05) is 13.1 Å². The Bertz CT molecular complexity index is 491. The molecule has 108 valence electrons. The minimum atomic E-state index is 0.570. The highest BCUT2D eigenvalue weighted by atomic mass is 15.3. The highest BCUT2D eigenvalue weighted by molar-refractivity contribution is 5.34. The number of nitrogens with zero attached hydrogens (tertiary/aromatic N) is 2. The predicted octanol–water partition coefficient (Wildman–Crippen LogP) is 2.35. The fourth-order valence-corrected chi connectivity index (χ4v) is 2.07. The molecular weight excluding hydrogens is 248 g/mol. The lowest BCUT2D eigenvalue weighted by atomic mass is 10.2. The van der Waals surface area contributed by atoms with Crippen LogP contribution in [0.4, 0.5) is 0 Å². The zero-order chi connectivity index (χ0) is 14.2. The Hall–Kier alpha value is -1.65. The Morgan fingerprint density at radius 1 is 1.20 bits per heavy atom. The van der Waals surface area contributed by atoms with Gasteiger partial charge in [-0.1, -0.05) is 26.0 Å². The normalized spacial score (nSPS) is 11.2. The fourth-order valence-electron chi connectivity index (χ4n) is 2.07. The molecule has 2 aromatic rings. The molecule has 0 unspecified atom stereocenters. The number of nitrogens with one attached hydrogen (secondary N) is 2. The van der Waals surface area contributed by atoms with E-state index in [4.69, 9.17) is 0 Å². The van der Waals surface area contributed by atoms with Crippen molar-refractivity contribution < 1.29 is 0 Å². The van der Waals surface area contributed by atoms with Gasteiger partial charge in [-0.05, 0) is 43.3 Å². The Labute approximate surface area is 121 Å². The lowest BCUT2D eigenvalue weighted by molar-refractivity contribution is 0.547. The third-order valence-corrected chi connectivity index (χ3v) is 3.09. The van der Waals surface area contributed by atoms with Gasteiger partial charge in [0.1, 0.15) is 0 Å². The molecule has 4 heteroatoms. The molecule has 20 heavy (non-hydrogen) atoms. The lowest BCUT2D eigenvalue weighted by Gasteiger charge is -2.09. The maximum Gasteiger partial charge on any atom is 0.0648 e. The summed E-state index contributed by atoms with van der Waals surface area (Å²) in [5, 5.41) is 11.2. The van der Waals surface area contributed by atoms with Gasteiger partial charge in [-0.15, -0.1) is 0 Å². The molecule has 2 rings (SSSR count). The lowest BCUT2D eigenvalue weighted by Crippen LogP contribution is -2.26. The largest absolute Gasteiger partial charge is 0.314 e. The van der Waals surface area contributed by atoms with Crippen LogP contribution in [0.5, 0.6) is 0 Å². The van der Waals surface area contributed by atoms with E-state index in [0.717, 1.165) is 31.7 Å². The summed E-state index contributed by atoms with van der Waals surface area (Å²) in [5.41, 5.74) is 2.39. The van der Waals surface area contributed by atoms with E-state index in [2.05, 4.69) is 53.8 Å². The summed E-state index contributed by atoms with van der Waals surface area (Å²) in [6.45, 7) is 7.35. The molecule has 0 saturated carbocycles. The van der Waals surface area contributed by atoms with E-state index >= 15 is 0 Å². The summed E-state index contributed by atoms with van der Waals surface area (Å²) in [5.74, 6) is 0. The minimum absolute atomic E-state index is 0.570. The second-order valence-corrected chi connectivity index (χ2v) is 5.26. The van der Waals surface area contributed by atoms with E-state index in [9.17, 15) is 0 Å². The molecule has 0 spiro atoms. The minimum Gasteiger partial charge on any atom is -0.314 e. The molecule has 0 radical (unpaired) electrons. The van der Waals surface area contributed by atoms with Crippen LogP contribution in [0.15, 0.2) is 42.7 Å². The van der Waals surface area contributed by atoms with Crippen molar-refractivity contribution >= 4 is 0 Å². The first-order chi connectivity index (χ1) is 9.75. The molecule has 0 amide bonds. The number of aromatic nitrogens is 2. The summed E-state index contributed by atoms with van der Waals surface area (Å²) in [4.78, 5) is 0. The molecule has 0 aliphatic heterocycles. The molecule has 0 aliphatic rings. The topological polar surface area (TPSA) is 41.9 Å². The van der Waals surface area contributed by atoms with Gasteiger partial charge in [-0.25, -0.2) is 4.68 Å². The summed E-state index contributed by atoms with van der Waals surface area (Å²) >= 11 is 0. The summed E-state index contributed by atoms with van der Waals surface area (Å²) in [7, 11) is 0. The first-order valence-electron chi connectivity index (χ1n) is 7.29. The van der Waals surface area contributed by atoms with Crippen molar-refractivity contribution in [2.45, 2.75) is 32.9 Å². The molecule has 4 nitrogen and oxygen atoms in total. The maximum atomic E-state index is 4.25. The van der Waals surface area contributed by atoms with Crippen molar-refractivity contribution in [2.24, 2.45) is 0 Å². The first kappa shape index (κ1) is 14.8. The quantitative estimate of drug-likeness (QED) is 0.725. The zero-order valence-corrected chi connectivity index (χ0v) is 12.3. The molecule has 0 atom stereocenters. The number of rotatable bonds is 8. The second kappa shape index (κ2) is 7.82. The third kappa shape index (κ3) is 4.79. The summed E-state index contributed by atoms with van der Waals surface area (Å²) in [6, 6.07) is 11.0. The number of hydrogen-bond donors (Lipinski definition) is 2. The predicted molar refractivity (Wildman–Crippen MR) is 83.0 cm³/mol. The molecule has 0 saturated heterocycles. The van der Waals surface area contributed by atoms with E-state index in [1.54, 1.807) is 6.20 Å². The Balaban J connectivity index is 1.75. The number of benzene rings is 1. The van der Waals surface area contributed by atoms with E-state index in [-0.39, 0.29) is 0 Å². The van der Waals surface area contributed by atoms with E-state index in [1.807, 2.05) is 16.9 Å². The van der Waals surface area contributed by atoms with Crippen molar-refractivity contribution in [1.82, 2.24) is 20.4 Å². The summed E-state index contributed by atoms with van der Waals surface area (Å²) < 4.78 is 1.88. The molecule has 1 aromatic carbocycles. The molecule has 0 aliphatic carbocycles. The Morgan fingerprint density at radius 3 is 2.85 bits per heavy atom. The van der Waals surface area contributed by atoms with Gasteiger partial charge in [0.05, 0.1) is 5.69 Å². The Kier molecular flexibility index (Phi) is 5.77. The van der Waals surface area contributed by atoms with Gasteiger partial charge in [0.15, 0.2) is 0 Å². The van der Waals surface area contributed by atoms with Gasteiger partial charge < -0.3 is 10.6 Å². The molecule has 0 fully saturated rings. The Morgan fingerprint density at radius 2 is 2.10 bits per heavy atom. The van der Waals surface area contributed by atoms with Crippen molar-refractivity contribution in [3.8, 4) is 5.69 Å². The van der Waals surface area contributed by atoms with Crippen LogP contribution < -0.4 is 10.6 Å². The SMILES string of the molecule is CC(C)NCCCNCc1cccc(-n2cccn2)c1. The third-order valence-electron chi connectivity index (χ3n) is 3.09. The van der Waals surface area contributed by atoms with Crippen molar-refractivity contribution in [3.05, 3.63) is 48.3 Å². The van der Waals surface area contributed by atoms with E-state index in [1.165, 1.54) is 5.56 Å². The average Bonchev–Trinajstić information content (AvgIpc) is 2.97. The van der Waals surface area contributed by atoms with Crippen LogP contribution in [0, 0.1) is 0 Å². The van der Waals surface area contributed by atoms with Crippen LogP contribution >= 0.6 is 0 Å². The van der Waals surface area contributed by atoms with E-state index < -0.39 is 0 Å². The van der Waals surface area contributed by atoms with Crippen LogP contribution in [0.25, 0.3) is 5.69 Å². The van der Waals surface area contributed by atoms with Gasteiger partial charge >= 0.3 is 0 Å². The zero-order valence-electron chi connectivity index (χ0n) is 12.3. The molecule has 0 bridgehead atoms. The van der Waals surface area contributed by atoms with E-state index in [0.29, 0.717) is 6.04 Å². The van der Waals surface area contributed by atoms with Gasteiger partial charge in [-0.2, -0.15) is 5.10 Å². The van der Waals surface area contributed by atoms with Crippen LogP contribution in [0.1, 0.15) is 25.8 Å². The molecule has 1 aromatic heterocycles. The highest BCUT2D eigenvalue weighted by Gasteiger charge is 1.98. The van der Waals surface area contributed by atoms with Crippen LogP contribution in [0.3, 0.4) is 0 Å². The first-order valence-corrected chi connectivity index (χ1v) is 7.29. The second-order valence-electron chi connectivity index (χ2n) is 5.26. The molecule has 1 heterocycles. The molecular formula is C16H24N4. The smallest absolute Gasteiger partial charge is 0.0648 e. The standard InChI is InChI=1S/C16H24N4/c1-14(2)18-9-4-8-17-13-15-6-3-7-16(12-15)20-11-5-10-19-20/h3,5-7,10-12,14,17-18H,4,8-9,13H2,1-2H3. The van der Waals surface area contributed by atoms with Gasteiger partial charge in [0.25, 0.3) is 0 Å². The van der Waals surface area contributed by atoms with Gasteiger partial charge in [-0.3, -0.25) is 0 Å². The average molecular weight is 272 g/mol. The van der Waals surface area contributed by atoms with Crippen molar-refractivity contribution in [3.63, 3.8) is 0 Å².